The van der Waals surface area contributed by atoms with Gasteiger partial charge in [-0.2, -0.15) is 0 Å². The number of rotatable bonds is 3. The van der Waals surface area contributed by atoms with Crippen LogP contribution < -0.4 is 0 Å². The molecule has 1 heterocycles. The molecular weight excluding hydrogens is 208 g/mol. The Morgan fingerprint density at radius 1 is 1.47 bits per heavy atom. The predicted molar refractivity (Wildman–Crippen MR) is 62.5 cm³/mol. The summed E-state index contributed by atoms with van der Waals surface area (Å²) in [4.78, 5) is 12.1. The van der Waals surface area contributed by atoms with E-state index in [-0.39, 0.29) is 5.92 Å². The van der Waals surface area contributed by atoms with Crippen molar-refractivity contribution in [2.75, 3.05) is 0 Å². The molecule has 15 heavy (non-hydrogen) atoms. The van der Waals surface area contributed by atoms with E-state index in [4.69, 9.17) is 5.11 Å². The number of carboxylic acids is 1. The summed E-state index contributed by atoms with van der Waals surface area (Å²) in [5.41, 5.74) is 0. The second-order valence-corrected chi connectivity index (χ2v) is 4.40. The molecule has 0 amide bonds. The number of hydrogen-bond donors (Lipinski definition) is 1. The van der Waals surface area contributed by atoms with Gasteiger partial charge in [0.25, 0.3) is 0 Å². The van der Waals surface area contributed by atoms with E-state index in [0.717, 1.165) is 15.6 Å². The van der Waals surface area contributed by atoms with Crippen LogP contribution >= 0.6 is 11.3 Å². The van der Waals surface area contributed by atoms with Crippen molar-refractivity contribution in [2.24, 2.45) is 0 Å². The van der Waals surface area contributed by atoms with Gasteiger partial charge in [0, 0.05) is 4.88 Å². The third-order valence-corrected chi connectivity index (χ3v) is 3.69. The van der Waals surface area contributed by atoms with Crippen LogP contribution in [0.15, 0.2) is 29.6 Å². The van der Waals surface area contributed by atoms with Gasteiger partial charge in [-0.05, 0) is 22.6 Å². The Balaban J connectivity index is 2.55. The lowest BCUT2D eigenvalue weighted by Crippen LogP contribution is -2.08. The van der Waals surface area contributed by atoms with Crippen LogP contribution in [-0.2, 0) is 4.79 Å². The molecule has 2 rings (SSSR count). The fourth-order valence-corrected chi connectivity index (χ4v) is 2.96. The standard InChI is InChI=1S/C12H12O2S/c1-2-9(12(13)14)11-10-6-4-3-5-8(10)7-15-11/h3-7,9H,2H2,1H3,(H,13,14). The molecule has 0 fully saturated rings. The fourth-order valence-electron chi connectivity index (χ4n) is 1.76. The maximum atomic E-state index is 11.1. The summed E-state index contributed by atoms with van der Waals surface area (Å²) in [7, 11) is 0. The lowest BCUT2D eigenvalue weighted by molar-refractivity contribution is -0.138. The number of thiophene rings is 1. The lowest BCUT2D eigenvalue weighted by Gasteiger charge is -2.07. The van der Waals surface area contributed by atoms with Crippen LogP contribution in [0.1, 0.15) is 24.1 Å². The highest BCUT2D eigenvalue weighted by Crippen LogP contribution is 2.33. The van der Waals surface area contributed by atoms with Gasteiger partial charge in [-0.25, -0.2) is 0 Å². The Morgan fingerprint density at radius 3 is 2.87 bits per heavy atom. The van der Waals surface area contributed by atoms with Crippen molar-refractivity contribution < 1.29 is 9.90 Å². The molecule has 1 atom stereocenters. The summed E-state index contributed by atoms with van der Waals surface area (Å²) < 4.78 is 0. The van der Waals surface area contributed by atoms with Crippen LogP contribution in [0, 0.1) is 0 Å². The normalized spacial score (nSPS) is 12.9. The number of benzene rings is 1. The Labute approximate surface area is 92.2 Å². The minimum absolute atomic E-state index is 0.366. The first kappa shape index (κ1) is 10.2. The molecule has 0 radical (unpaired) electrons. The molecule has 2 nitrogen and oxygen atoms in total. The van der Waals surface area contributed by atoms with Crippen molar-refractivity contribution in [3.8, 4) is 0 Å². The first-order chi connectivity index (χ1) is 7.24. The van der Waals surface area contributed by atoms with Gasteiger partial charge in [-0.3, -0.25) is 4.79 Å². The van der Waals surface area contributed by atoms with Gasteiger partial charge in [0.1, 0.15) is 0 Å². The zero-order chi connectivity index (χ0) is 10.8. The highest BCUT2D eigenvalue weighted by atomic mass is 32.1. The van der Waals surface area contributed by atoms with Crippen molar-refractivity contribution in [1.82, 2.24) is 0 Å². The maximum absolute atomic E-state index is 11.1. The van der Waals surface area contributed by atoms with Crippen LogP contribution in [0.25, 0.3) is 10.8 Å². The average Bonchev–Trinajstić information content (AvgIpc) is 2.63. The number of fused-ring (bicyclic) bond motifs is 1. The van der Waals surface area contributed by atoms with Crippen LogP contribution in [0.5, 0.6) is 0 Å². The van der Waals surface area contributed by atoms with Crippen molar-refractivity contribution in [3.05, 3.63) is 34.5 Å². The summed E-state index contributed by atoms with van der Waals surface area (Å²) in [6, 6.07) is 7.93. The third kappa shape index (κ3) is 1.75. The first-order valence-electron chi connectivity index (χ1n) is 4.93. The molecule has 1 aromatic heterocycles. The molecule has 2 aromatic rings. The molecule has 0 saturated heterocycles. The van der Waals surface area contributed by atoms with Crippen molar-refractivity contribution in [1.29, 1.82) is 0 Å². The predicted octanol–water partition coefficient (Wildman–Crippen LogP) is 3.48. The first-order valence-corrected chi connectivity index (χ1v) is 5.81. The van der Waals surface area contributed by atoms with E-state index in [0.29, 0.717) is 6.42 Å². The number of carbonyl (C=O) groups is 1. The van der Waals surface area contributed by atoms with Gasteiger partial charge in [0.15, 0.2) is 0 Å². The van der Waals surface area contributed by atoms with Crippen molar-refractivity contribution in [2.45, 2.75) is 19.3 Å². The molecule has 1 N–H and O–H groups in total. The van der Waals surface area contributed by atoms with E-state index < -0.39 is 5.97 Å². The molecule has 0 bridgehead atoms. The number of aliphatic carboxylic acids is 1. The molecule has 0 saturated carbocycles. The van der Waals surface area contributed by atoms with Gasteiger partial charge >= 0.3 is 5.97 Å². The highest BCUT2D eigenvalue weighted by molar-refractivity contribution is 7.11. The van der Waals surface area contributed by atoms with Crippen LogP contribution in [0.4, 0.5) is 0 Å². The molecule has 3 heteroatoms. The third-order valence-electron chi connectivity index (χ3n) is 2.56. The largest absolute Gasteiger partial charge is 0.481 e. The molecule has 0 spiro atoms. The van der Waals surface area contributed by atoms with Crippen molar-refractivity contribution in [3.63, 3.8) is 0 Å². The molecule has 0 aliphatic rings. The van der Waals surface area contributed by atoms with Crippen LogP contribution in [0.3, 0.4) is 0 Å². The van der Waals surface area contributed by atoms with Gasteiger partial charge in [0.2, 0.25) is 0 Å². The number of hydrogen-bond acceptors (Lipinski definition) is 2. The molecular formula is C12H12O2S. The minimum atomic E-state index is -0.731. The minimum Gasteiger partial charge on any atom is -0.481 e. The monoisotopic (exact) mass is 220 g/mol. The smallest absolute Gasteiger partial charge is 0.311 e. The molecule has 1 aromatic carbocycles. The zero-order valence-corrected chi connectivity index (χ0v) is 9.25. The maximum Gasteiger partial charge on any atom is 0.311 e. The molecule has 0 aliphatic heterocycles. The average molecular weight is 220 g/mol. The van der Waals surface area contributed by atoms with E-state index in [1.54, 1.807) is 11.3 Å². The second-order valence-electron chi connectivity index (χ2n) is 3.49. The molecule has 1 unspecified atom stereocenters. The summed E-state index contributed by atoms with van der Waals surface area (Å²) in [6.45, 7) is 1.91. The zero-order valence-electron chi connectivity index (χ0n) is 8.43. The van der Waals surface area contributed by atoms with Crippen LogP contribution in [0.2, 0.25) is 0 Å². The topological polar surface area (TPSA) is 37.3 Å². The summed E-state index contributed by atoms with van der Waals surface area (Å²) in [5.74, 6) is -1.10. The summed E-state index contributed by atoms with van der Waals surface area (Å²) >= 11 is 1.54. The van der Waals surface area contributed by atoms with E-state index in [9.17, 15) is 4.79 Å². The Bertz CT molecular complexity index is 487. The van der Waals surface area contributed by atoms with Crippen LogP contribution in [-0.4, -0.2) is 11.1 Å². The Hall–Kier alpha value is -1.35. The van der Waals surface area contributed by atoms with Gasteiger partial charge < -0.3 is 5.11 Å². The van der Waals surface area contributed by atoms with E-state index in [1.807, 2.05) is 36.6 Å². The molecule has 78 valence electrons. The summed E-state index contributed by atoms with van der Waals surface area (Å²) in [5, 5.41) is 13.4. The van der Waals surface area contributed by atoms with E-state index in [1.165, 1.54) is 0 Å². The SMILES string of the molecule is CCC(C(=O)O)c1scc2ccccc12. The highest BCUT2D eigenvalue weighted by Gasteiger charge is 2.21. The van der Waals surface area contributed by atoms with Crippen molar-refractivity contribution >= 4 is 28.1 Å². The van der Waals surface area contributed by atoms with E-state index >= 15 is 0 Å². The summed E-state index contributed by atoms with van der Waals surface area (Å²) in [6.07, 6.45) is 0.639. The lowest BCUT2D eigenvalue weighted by atomic mass is 10.0. The fraction of sp³-hybridized carbons (Fsp3) is 0.250. The molecule has 0 aliphatic carbocycles. The Kier molecular flexibility index (Phi) is 2.73. The van der Waals surface area contributed by atoms with E-state index in [2.05, 4.69) is 0 Å². The number of carboxylic acid groups (broad SMARTS) is 1. The second kappa shape index (κ2) is 4.03. The van der Waals surface area contributed by atoms with Gasteiger partial charge in [-0.1, -0.05) is 31.2 Å². The van der Waals surface area contributed by atoms with Gasteiger partial charge in [-0.15, -0.1) is 11.3 Å². The Morgan fingerprint density at radius 2 is 2.20 bits per heavy atom. The van der Waals surface area contributed by atoms with Gasteiger partial charge in [0.05, 0.1) is 5.92 Å². The quantitative estimate of drug-likeness (QED) is 0.859.